The Bertz CT molecular complexity index is 737. The van der Waals surface area contributed by atoms with Crippen molar-refractivity contribution in [3.63, 3.8) is 0 Å². The monoisotopic (exact) mass is 390 g/mol. The highest BCUT2D eigenvalue weighted by molar-refractivity contribution is 5.87. The van der Waals surface area contributed by atoms with Crippen LogP contribution in [0.2, 0.25) is 0 Å². The Hall–Kier alpha value is -2.51. The van der Waals surface area contributed by atoms with Crippen LogP contribution in [0, 0.1) is 0 Å². The number of carbonyl (C=O) groups is 1. The molecule has 0 saturated heterocycles. The number of allylic oxidation sites excluding steroid dienone is 3. The molecule has 0 unspecified atom stereocenters. The summed E-state index contributed by atoms with van der Waals surface area (Å²) in [5, 5.41) is 0. The lowest BCUT2D eigenvalue weighted by molar-refractivity contribution is -0.143. The molecule has 0 radical (unpaired) electrons. The summed E-state index contributed by atoms with van der Waals surface area (Å²) in [5.41, 5.74) is -2.28. The maximum absolute atomic E-state index is 12.8. The van der Waals surface area contributed by atoms with Crippen molar-refractivity contribution in [2.75, 3.05) is 6.61 Å². The molecule has 1 aromatic rings. The molecule has 0 amide bonds. The zero-order valence-electron chi connectivity index (χ0n) is 14.0. The Kier molecular flexibility index (Phi) is 6.51. The minimum atomic E-state index is -4.94. The normalized spacial score (nSPS) is 15.1. The largest absolute Gasteiger partial charge is 0.462 e. The van der Waals surface area contributed by atoms with Gasteiger partial charge in [-0.25, -0.2) is 4.79 Å². The van der Waals surface area contributed by atoms with Gasteiger partial charge in [0, 0.05) is 12.5 Å². The summed E-state index contributed by atoms with van der Waals surface area (Å²) in [6.07, 6.45) is 0.0322. The topological polar surface area (TPSA) is 26.3 Å². The van der Waals surface area contributed by atoms with Crippen molar-refractivity contribution in [3.05, 3.63) is 64.8 Å². The van der Waals surface area contributed by atoms with E-state index in [0.29, 0.717) is 18.6 Å². The van der Waals surface area contributed by atoms with Gasteiger partial charge >= 0.3 is 18.3 Å². The van der Waals surface area contributed by atoms with Crippen LogP contribution in [-0.2, 0) is 21.9 Å². The molecule has 0 heterocycles. The molecule has 0 aromatic heterocycles. The Morgan fingerprint density at radius 2 is 1.63 bits per heavy atom. The molecule has 0 spiro atoms. The maximum Gasteiger partial charge on any atom is 0.416 e. The number of alkyl halides is 6. The summed E-state index contributed by atoms with van der Waals surface area (Å²) in [6.45, 7) is 0.0652. The number of ether oxygens (including phenoxy) is 1. The number of hydrogen-bond donors (Lipinski definition) is 0. The van der Waals surface area contributed by atoms with Gasteiger partial charge in [0.05, 0.1) is 17.7 Å². The Balaban J connectivity index is 2.05. The van der Waals surface area contributed by atoms with E-state index in [1.165, 1.54) is 0 Å². The number of hydrogen-bond acceptors (Lipinski definition) is 2. The molecule has 2 nitrogen and oxygen atoms in total. The number of carbonyl (C=O) groups excluding carboxylic acids is 1. The van der Waals surface area contributed by atoms with Gasteiger partial charge in [-0.1, -0.05) is 18.2 Å². The predicted octanol–water partition coefficient (Wildman–Crippen LogP) is 5.95. The van der Waals surface area contributed by atoms with Crippen LogP contribution in [0.1, 0.15) is 36.0 Å². The summed E-state index contributed by atoms with van der Waals surface area (Å²) in [6, 6.07) is 1.11. The van der Waals surface area contributed by atoms with Crippen molar-refractivity contribution in [1.82, 2.24) is 0 Å². The minimum Gasteiger partial charge on any atom is -0.462 e. The Labute approximate surface area is 151 Å². The van der Waals surface area contributed by atoms with E-state index < -0.39 is 35.0 Å². The van der Waals surface area contributed by atoms with Crippen molar-refractivity contribution in [2.24, 2.45) is 0 Å². The Morgan fingerprint density at radius 1 is 1.00 bits per heavy atom. The molecule has 0 atom stereocenters. The van der Waals surface area contributed by atoms with Crippen LogP contribution in [0.4, 0.5) is 26.3 Å². The van der Waals surface area contributed by atoms with E-state index in [9.17, 15) is 31.1 Å². The van der Waals surface area contributed by atoms with Gasteiger partial charge in [-0.15, -0.1) is 0 Å². The molecule has 8 heteroatoms. The van der Waals surface area contributed by atoms with E-state index in [2.05, 4.69) is 0 Å². The highest BCUT2D eigenvalue weighted by Gasteiger charge is 2.36. The molecule has 27 heavy (non-hydrogen) atoms. The third-order valence-corrected chi connectivity index (χ3v) is 3.73. The molecule has 0 fully saturated rings. The minimum absolute atomic E-state index is 0.0288. The first-order valence-corrected chi connectivity index (χ1v) is 8.05. The molecule has 1 aliphatic rings. The fraction of sp³-hybridized carbons (Fsp3) is 0.316. The molecule has 0 saturated carbocycles. The van der Waals surface area contributed by atoms with Gasteiger partial charge in [0.1, 0.15) is 0 Å². The standard InChI is InChI=1S/C19H16F6O2/c20-18(21,22)15-10-14(11-16(12-15)19(23,24)25)6-7-17(26)27-9-8-13-4-2-1-3-5-13/h2,4-7,10-12H,1,3,8-9H2/b7-6+. The first-order chi connectivity index (χ1) is 12.6. The molecular formula is C19H16F6O2. The lowest BCUT2D eigenvalue weighted by Crippen LogP contribution is -2.11. The van der Waals surface area contributed by atoms with Crippen LogP contribution in [-0.4, -0.2) is 12.6 Å². The molecule has 0 N–H and O–H groups in total. The van der Waals surface area contributed by atoms with E-state index >= 15 is 0 Å². The summed E-state index contributed by atoms with van der Waals surface area (Å²) < 4.78 is 81.6. The van der Waals surface area contributed by atoms with Crippen molar-refractivity contribution in [1.29, 1.82) is 0 Å². The number of halogens is 6. The molecule has 1 aliphatic carbocycles. The van der Waals surface area contributed by atoms with Crippen molar-refractivity contribution < 1.29 is 35.9 Å². The molecule has 1 aromatic carbocycles. The van der Waals surface area contributed by atoms with Crippen LogP contribution in [0.15, 0.2) is 48.1 Å². The zero-order chi connectivity index (χ0) is 20.1. The highest BCUT2D eigenvalue weighted by Crippen LogP contribution is 2.36. The number of benzene rings is 1. The fourth-order valence-electron chi connectivity index (χ4n) is 2.41. The van der Waals surface area contributed by atoms with E-state index in [0.717, 1.165) is 30.6 Å². The molecule has 2 rings (SSSR count). The van der Waals surface area contributed by atoms with E-state index in [4.69, 9.17) is 4.74 Å². The summed E-state index contributed by atoms with van der Waals surface area (Å²) in [4.78, 5) is 11.6. The average Bonchev–Trinajstić information content (AvgIpc) is 2.59. The number of esters is 1. The van der Waals surface area contributed by atoms with Gasteiger partial charge in [-0.2, -0.15) is 26.3 Å². The fourth-order valence-corrected chi connectivity index (χ4v) is 2.41. The van der Waals surface area contributed by atoms with Crippen molar-refractivity contribution in [2.45, 2.75) is 31.6 Å². The smallest absolute Gasteiger partial charge is 0.416 e. The second-order valence-corrected chi connectivity index (χ2v) is 5.85. The van der Waals surface area contributed by atoms with Crippen LogP contribution < -0.4 is 0 Å². The van der Waals surface area contributed by atoms with Gasteiger partial charge in [-0.3, -0.25) is 0 Å². The first-order valence-electron chi connectivity index (χ1n) is 8.05. The zero-order valence-corrected chi connectivity index (χ0v) is 14.0. The van der Waals surface area contributed by atoms with Gasteiger partial charge in [0.25, 0.3) is 0 Å². The van der Waals surface area contributed by atoms with Crippen LogP contribution in [0.3, 0.4) is 0 Å². The van der Waals surface area contributed by atoms with E-state index in [1.807, 2.05) is 18.2 Å². The van der Waals surface area contributed by atoms with Crippen molar-refractivity contribution >= 4 is 12.0 Å². The van der Waals surface area contributed by atoms with Gasteiger partial charge in [0.15, 0.2) is 0 Å². The highest BCUT2D eigenvalue weighted by atomic mass is 19.4. The summed E-state index contributed by atoms with van der Waals surface area (Å²) >= 11 is 0. The van der Waals surface area contributed by atoms with Gasteiger partial charge in [-0.05, 0) is 48.3 Å². The Morgan fingerprint density at radius 3 is 2.15 bits per heavy atom. The second kappa shape index (κ2) is 8.45. The van der Waals surface area contributed by atoms with E-state index in [-0.39, 0.29) is 12.7 Å². The second-order valence-electron chi connectivity index (χ2n) is 5.85. The predicted molar refractivity (Wildman–Crippen MR) is 87.5 cm³/mol. The first kappa shape index (κ1) is 20.8. The SMILES string of the molecule is O=C(/C=C/c1cc(C(F)(F)F)cc(C(F)(F)F)c1)OCCC1=CCCC=C1. The third-order valence-electron chi connectivity index (χ3n) is 3.73. The lowest BCUT2D eigenvalue weighted by atomic mass is 10.0. The molecule has 146 valence electrons. The van der Waals surface area contributed by atoms with Gasteiger partial charge < -0.3 is 4.74 Å². The summed E-state index contributed by atoms with van der Waals surface area (Å²) in [5.74, 6) is -0.846. The average molecular weight is 390 g/mol. The van der Waals surface area contributed by atoms with Gasteiger partial charge in [0.2, 0.25) is 0 Å². The summed E-state index contributed by atoms with van der Waals surface area (Å²) in [7, 11) is 0. The maximum atomic E-state index is 12.8. The molecule has 0 aliphatic heterocycles. The van der Waals surface area contributed by atoms with Crippen LogP contribution in [0.5, 0.6) is 0 Å². The van der Waals surface area contributed by atoms with Crippen LogP contribution in [0.25, 0.3) is 6.08 Å². The quantitative estimate of drug-likeness (QED) is 0.353. The molecule has 0 bridgehead atoms. The number of rotatable bonds is 5. The molecular weight excluding hydrogens is 374 g/mol. The van der Waals surface area contributed by atoms with Crippen LogP contribution >= 0.6 is 0 Å². The lowest BCUT2D eigenvalue weighted by Gasteiger charge is -2.12. The van der Waals surface area contributed by atoms with E-state index in [1.54, 1.807) is 0 Å². The third kappa shape index (κ3) is 6.62. The van der Waals surface area contributed by atoms with Crippen molar-refractivity contribution in [3.8, 4) is 0 Å².